The molecule has 0 radical (unpaired) electrons. The highest BCUT2D eigenvalue weighted by Gasteiger charge is 2.29. The van der Waals surface area contributed by atoms with Crippen LogP contribution >= 0.6 is 0 Å². The van der Waals surface area contributed by atoms with Crippen molar-refractivity contribution in [3.05, 3.63) is 42.5 Å². The standard InChI is InChI=1S/C15H14F3NO2/c1-20-11-5-2-4-10(8-11)12-6-3-7-13(19)14(12)21-9-15(16,17)18/h2-8H,9,19H2,1H3. The molecule has 0 saturated heterocycles. The second kappa shape index (κ2) is 5.95. The first kappa shape index (κ1) is 15.0. The SMILES string of the molecule is COc1cccc(-c2cccc(N)c2OCC(F)(F)F)c1. The molecule has 0 amide bonds. The van der Waals surface area contributed by atoms with Gasteiger partial charge in [-0.25, -0.2) is 0 Å². The molecule has 2 N–H and O–H groups in total. The van der Waals surface area contributed by atoms with E-state index in [4.69, 9.17) is 15.2 Å². The topological polar surface area (TPSA) is 44.5 Å². The molecule has 3 nitrogen and oxygen atoms in total. The zero-order valence-corrected chi connectivity index (χ0v) is 11.3. The van der Waals surface area contributed by atoms with Gasteiger partial charge in [0, 0.05) is 5.56 Å². The van der Waals surface area contributed by atoms with Gasteiger partial charge in [0.05, 0.1) is 12.8 Å². The molecule has 0 aliphatic rings. The number of nitrogens with two attached hydrogens (primary N) is 1. The summed E-state index contributed by atoms with van der Waals surface area (Å²) in [6, 6.07) is 11.7. The van der Waals surface area contributed by atoms with E-state index in [1.54, 1.807) is 36.4 Å². The normalized spacial score (nSPS) is 11.2. The molecule has 0 fully saturated rings. The molecule has 112 valence electrons. The maximum absolute atomic E-state index is 12.3. The Morgan fingerprint density at radius 3 is 2.48 bits per heavy atom. The van der Waals surface area contributed by atoms with E-state index in [9.17, 15) is 13.2 Å². The Bertz CT molecular complexity index is 627. The van der Waals surface area contributed by atoms with Crippen molar-refractivity contribution in [1.29, 1.82) is 0 Å². The molecular weight excluding hydrogens is 283 g/mol. The summed E-state index contributed by atoms with van der Waals surface area (Å²) in [4.78, 5) is 0. The molecule has 2 rings (SSSR count). The minimum absolute atomic E-state index is 0.0167. The quantitative estimate of drug-likeness (QED) is 0.871. The van der Waals surface area contributed by atoms with Gasteiger partial charge in [-0.3, -0.25) is 0 Å². The van der Waals surface area contributed by atoms with E-state index in [0.29, 0.717) is 16.9 Å². The van der Waals surface area contributed by atoms with Gasteiger partial charge >= 0.3 is 6.18 Å². The van der Waals surface area contributed by atoms with Crippen LogP contribution in [0, 0.1) is 0 Å². The summed E-state index contributed by atoms with van der Waals surface area (Å²) < 4.78 is 47.0. The molecule has 2 aromatic carbocycles. The largest absolute Gasteiger partial charge is 0.497 e. The van der Waals surface area contributed by atoms with Gasteiger partial charge in [0.2, 0.25) is 0 Å². The van der Waals surface area contributed by atoms with Gasteiger partial charge in [-0.1, -0.05) is 24.3 Å². The number of hydrogen-bond donors (Lipinski definition) is 1. The lowest BCUT2D eigenvalue weighted by Gasteiger charge is -2.15. The number of anilines is 1. The number of alkyl halides is 3. The molecule has 0 aliphatic heterocycles. The number of benzene rings is 2. The Kier molecular flexibility index (Phi) is 4.26. The van der Waals surface area contributed by atoms with Crippen molar-refractivity contribution in [1.82, 2.24) is 0 Å². The number of halogens is 3. The molecule has 6 heteroatoms. The average Bonchev–Trinajstić information content (AvgIpc) is 2.45. The van der Waals surface area contributed by atoms with Gasteiger partial charge in [-0.05, 0) is 23.8 Å². The van der Waals surface area contributed by atoms with Gasteiger partial charge in [0.15, 0.2) is 6.61 Å². The third kappa shape index (κ3) is 3.81. The molecule has 0 unspecified atom stereocenters. The third-order valence-electron chi connectivity index (χ3n) is 2.81. The summed E-state index contributed by atoms with van der Waals surface area (Å²) in [6.07, 6.45) is -4.42. The molecule has 0 aromatic heterocycles. The Morgan fingerprint density at radius 1 is 1.10 bits per heavy atom. The van der Waals surface area contributed by atoms with E-state index >= 15 is 0 Å². The van der Waals surface area contributed by atoms with Crippen LogP contribution in [-0.2, 0) is 0 Å². The van der Waals surface area contributed by atoms with Gasteiger partial charge in [-0.2, -0.15) is 13.2 Å². The fourth-order valence-electron chi connectivity index (χ4n) is 1.89. The van der Waals surface area contributed by atoms with Crippen LogP contribution in [0.5, 0.6) is 11.5 Å². The van der Waals surface area contributed by atoms with Crippen molar-refractivity contribution in [2.45, 2.75) is 6.18 Å². The number of para-hydroxylation sites is 1. The van der Waals surface area contributed by atoms with Crippen molar-refractivity contribution in [3.8, 4) is 22.6 Å². The first-order chi connectivity index (χ1) is 9.90. The number of rotatable bonds is 4. The van der Waals surface area contributed by atoms with Crippen LogP contribution < -0.4 is 15.2 Å². The molecule has 0 aliphatic carbocycles. The van der Waals surface area contributed by atoms with Gasteiger partial charge in [0.1, 0.15) is 11.5 Å². The number of nitrogen functional groups attached to an aromatic ring is 1. The second-order valence-electron chi connectivity index (χ2n) is 4.36. The maximum Gasteiger partial charge on any atom is 0.422 e. The highest BCUT2D eigenvalue weighted by Crippen LogP contribution is 2.37. The third-order valence-corrected chi connectivity index (χ3v) is 2.81. The van der Waals surface area contributed by atoms with Crippen molar-refractivity contribution in [2.75, 3.05) is 19.5 Å². The second-order valence-corrected chi connectivity index (χ2v) is 4.36. The van der Waals surface area contributed by atoms with Crippen molar-refractivity contribution >= 4 is 5.69 Å². The van der Waals surface area contributed by atoms with Crippen LogP contribution in [0.1, 0.15) is 0 Å². The van der Waals surface area contributed by atoms with Crippen molar-refractivity contribution in [2.24, 2.45) is 0 Å². The molecule has 0 atom stereocenters. The first-order valence-electron chi connectivity index (χ1n) is 6.13. The predicted octanol–water partition coefficient (Wildman–Crippen LogP) is 3.89. The Balaban J connectivity index is 2.41. The average molecular weight is 297 g/mol. The molecule has 2 aromatic rings. The lowest BCUT2D eigenvalue weighted by Crippen LogP contribution is -2.20. The fraction of sp³-hybridized carbons (Fsp3) is 0.200. The highest BCUT2D eigenvalue weighted by atomic mass is 19.4. The molecule has 0 bridgehead atoms. The summed E-state index contributed by atoms with van der Waals surface area (Å²) in [5.74, 6) is 0.611. The summed E-state index contributed by atoms with van der Waals surface area (Å²) in [7, 11) is 1.51. The predicted molar refractivity (Wildman–Crippen MR) is 74.4 cm³/mol. The van der Waals surface area contributed by atoms with Crippen LogP contribution in [-0.4, -0.2) is 19.9 Å². The molecule has 0 saturated carbocycles. The smallest absolute Gasteiger partial charge is 0.422 e. The number of ether oxygens (including phenoxy) is 2. The van der Waals surface area contributed by atoms with E-state index in [-0.39, 0.29) is 11.4 Å². The maximum atomic E-state index is 12.3. The van der Waals surface area contributed by atoms with Crippen molar-refractivity contribution < 1.29 is 22.6 Å². The number of hydrogen-bond acceptors (Lipinski definition) is 3. The van der Waals surface area contributed by atoms with E-state index in [1.165, 1.54) is 13.2 Å². The van der Waals surface area contributed by atoms with E-state index in [0.717, 1.165) is 0 Å². The van der Waals surface area contributed by atoms with E-state index < -0.39 is 12.8 Å². The van der Waals surface area contributed by atoms with Gasteiger partial charge < -0.3 is 15.2 Å². The van der Waals surface area contributed by atoms with Crippen LogP contribution in [0.2, 0.25) is 0 Å². The molecular formula is C15H14F3NO2. The molecule has 0 spiro atoms. The minimum Gasteiger partial charge on any atom is -0.497 e. The van der Waals surface area contributed by atoms with Gasteiger partial charge in [0.25, 0.3) is 0 Å². The van der Waals surface area contributed by atoms with E-state index in [1.807, 2.05) is 0 Å². The highest BCUT2D eigenvalue weighted by molar-refractivity contribution is 5.77. The first-order valence-corrected chi connectivity index (χ1v) is 6.13. The Hall–Kier alpha value is -2.37. The Morgan fingerprint density at radius 2 is 1.81 bits per heavy atom. The van der Waals surface area contributed by atoms with Crippen molar-refractivity contribution in [3.63, 3.8) is 0 Å². The Labute approximate surface area is 120 Å². The molecule has 21 heavy (non-hydrogen) atoms. The lowest BCUT2D eigenvalue weighted by atomic mass is 10.0. The summed E-state index contributed by atoms with van der Waals surface area (Å²) in [5.41, 5.74) is 7.04. The monoisotopic (exact) mass is 297 g/mol. The minimum atomic E-state index is -4.42. The fourth-order valence-corrected chi connectivity index (χ4v) is 1.89. The molecule has 0 heterocycles. The van der Waals surface area contributed by atoms with Gasteiger partial charge in [-0.15, -0.1) is 0 Å². The summed E-state index contributed by atoms with van der Waals surface area (Å²) >= 11 is 0. The summed E-state index contributed by atoms with van der Waals surface area (Å²) in [6.45, 7) is -1.39. The summed E-state index contributed by atoms with van der Waals surface area (Å²) in [5, 5.41) is 0. The van der Waals surface area contributed by atoms with Crippen LogP contribution in [0.25, 0.3) is 11.1 Å². The van der Waals surface area contributed by atoms with Crippen LogP contribution in [0.15, 0.2) is 42.5 Å². The lowest BCUT2D eigenvalue weighted by molar-refractivity contribution is -0.153. The van der Waals surface area contributed by atoms with E-state index in [2.05, 4.69) is 0 Å². The van der Waals surface area contributed by atoms with Crippen LogP contribution in [0.4, 0.5) is 18.9 Å². The zero-order valence-electron chi connectivity index (χ0n) is 11.3. The zero-order chi connectivity index (χ0) is 15.5. The number of methoxy groups -OCH3 is 1. The van der Waals surface area contributed by atoms with Crippen LogP contribution in [0.3, 0.4) is 0 Å².